The van der Waals surface area contributed by atoms with Crippen molar-refractivity contribution in [1.82, 2.24) is 0 Å². The van der Waals surface area contributed by atoms with E-state index in [1.54, 1.807) is 0 Å². The Bertz CT molecular complexity index is 295. The molecular weight excluding hydrogens is 210 g/mol. The van der Waals surface area contributed by atoms with Crippen LogP contribution in [-0.2, 0) is 4.79 Å². The summed E-state index contributed by atoms with van der Waals surface area (Å²) in [4.78, 5) is 12.5. The molecule has 17 heavy (non-hydrogen) atoms. The highest BCUT2D eigenvalue weighted by molar-refractivity contribution is 5.97. The maximum atomic E-state index is 12.5. The van der Waals surface area contributed by atoms with Crippen molar-refractivity contribution in [3.05, 3.63) is 11.6 Å². The predicted octanol–water partition coefficient (Wildman–Crippen LogP) is 3.21. The number of hydrogen-bond donors (Lipinski definition) is 1. The van der Waals surface area contributed by atoms with Crippen LogP contribution in [0.15, 0.2) is 11.6 Å². The Morgan fingerprint density at radius 3 is 2.82 bits per heavy atom. The lowest BCUT2D eigenvalue weighted by atomic mass is 9.85. The SMILES string of the molecule is NCC1CCCC1C(=O)C1=CCCCCCC1. The fourth-order valence-corrected chi connectivity index (χ4v) is 3.32. The Hall–Kier alpha value is -0.630. The lowest BCUT2D eigenvalue weighted by molar-refractivity contribution is -0.120. The number of rotatable bonds is 3. The van der Waals surface area contributed by atoms with Crippen LogP contribution in [0.25, 0.3) is 0 Å². The molecule has 2 heteroatoms. The number of carbonyl (C=O) groups is 1. The average Bonchev–Trinajstić information content (AvgIpc) is 2.75. The Balaban J connectivity index is 2.02. The molecule has 2 unspecified atom stereocenters. The molecular formula is C15H25NO. The zero-order valence-electron chi connectivity index (χ0n) is 10.8. The van der Waals surface area contributed by atoms with Crippen LogP contribution in [0.3, 0.4) is 0 Å². The highest BCUT2D eigenvalue weighted by Crippen LogP contribution is 2.34. The molecule has 0 aromatic heterocycles. The molecule has 0 heterocycles. The highest BCUT2D eigenvalue weighted by Gasteiger charge is 2.33. The van der Waals surface area contributed by atoms with Crippen molar-refractivity contribution in [1.29, 1.82) is 0 Å². The largest absolute Gasteiger partial charge is 0.330 e. The molecule has 2 aliphatic rings. The molecule has 2 nitrogen and oxygen atoms in total. The summed E-state index contributed by atoms with van der Waals surface area (Å²) in [5.74, 6) is 1.12. The van der Waals surface area contributed by atoms with E-state index in [9.17, 15) is 4.79 Å². The molecule has 0 spiro atoms. The van der Waals surface area contributed by atoms with Gasteiger partial charge in [0.1, 0.15) is 0 Å². The maximum absolute atomic E-state index is 12.5. The normalized spacial score (nSPS) is 30.5. The van der Waals surface area contributed by atoms with Gasteiger partial charge in [-0.2, -0.15) is 0 Å². The summed E-state index contributed by atoms with van der Waals surface area (Å²) >= 11 is 0. The van der Waals surface area contributed by atoms with Crippen LogP contribution in [0.1, 0.15) is 57.8 Å². The summed E-state index contributed by atoms with van der Waals surface area (Å²) in [7, 11) is 0. The van der Waals surface area contributed by atoms with E-state index < -0.39 is 0 Å². The van der Waals surface area contributed by atoms with Crippen LogP contribution in [0.2, 0.25) is 0 Å². The molecule has 0 aromatic carbocycles. The number of ketones is 1. The molecule has 1 saturated carbocycles. The van der Waals surface area contributed by atoms with Gasteiger partial charge in [-0.15, -0.1) is 0 Å². The first-order chi connectivity index (χ1) is 8.33. The number of Topliss-reactive ketones (excluding diaryl/α,β-unsaturated/α-hetero) is 1. The molecule has 0 saturated heterocycles. The predicted molar refractivity (Wildman–Crippen MR) is 70.7 cm³/mol. The van der Waals surface area contributed by atoms with E-state index in [-0.39, 0.29) is 5.92 Å². The van der Waals surface area contributed by atoms with Crippen molar-refractivity contribution in [2.75, 3.05) is 6.54 Å². The summed E-state index contributed by atoms with van der Waals surface area (Å²) < 4.78 is 0. The first-order valence-electron chi connectivity index (χ1n) is 7.26. The number of allylic oxidation sites excluding steroid dienone is 2. The topological polar surface area (TPSA) is 43.1 Å². The van der Waals surface area contributed by atoms with Gasteiger partial charge in [-0.05, 0) is 56.6 Å². The fourth-order valence-electron chi connectivity index (χ4n) is 3.32. The molecule has 2 atom stereocenters. The molecule has 2 rings (SSSR count). The van der Waals surface area contributed by atoms with Crippen molar-refractivity contribution in [2.24, 2.45) is 17.6 Å². The fraction of sp³-hybridized carbons (Fsp3) is 0.800. The van der Waals surface area contributed by atoms with E-state index in [4.69, 9.17) is 5.73 Å². The number of hydrogen-bond acceptors (Lipinski definition) is 2. The monoisotopic (exact) mass is 235 g/mol. The van der Waals surface area contributed by atoms with E-state index in [0.717, 1.165) is 31.3 Å². The first-order valence-corrected chi connectivity index (χ1v) is 7.26. The third-order valence-corrected chi connectivity index (χ3v) is 4.41. The Kier molecular flexibility index (Phi) is 4.78. The number of nitrogens with two attached hydrogens (primary N) is 1. The van der Waals surface area contributed by atoms with E-state index in [1.165, 1.54) is 32.1 Å². The van der Waals surface area contributed by atoms with Gasteiger partial charge in [0.2, 0.25) is 0 Å². The molecule has 2 aliphatic carbocycles. The van der Waals surface area contributed by atoms with Crippen molar-refractivity contribution in [2.45, 2.75) is 57.8 Å². The highest BCUT2D eigenvalue weighted by atomic mass is 16.1. The molecule has 96 valence electrons. The van der Waals surface area contributed by atoms with Gasteiger partial charge in [-0.1, -0.05) is 25.3 Å². The van der Waals surface area contributed by atoms with E-state index in [0.29, 0.717) is 18.2 Å². The second-order valence-corrected chi connectivity index (χ2v) is 5.58. The zero-order chi connectivity index (χ0) is 12.1. The standard InChI is InChI=1S/C15H25NO/c16-11-13-9-6-10-14(13)15(17)12-7-4-2-1-3-5-8-12/h7,13-14H,1-6,8-11,16H2. The van der Waals surface area contributed by atoms with Crippen molar-refractivity contribution < 1.29 is 4.79 Å². The number of carbonyl (C=O) groups excluding carboxylic acids is 1. The Labute approximate surface area is 105 Å². The van der Waals surface area contributed by atoms with Crippen LogP contribution in [0.5, 0.6) is 0 Å². The van der Waals surface area contributed by atoms with Crippen LogP contribution >= 0.6 is 0 Å². The van der Waals surface area contributed by atoms with Gasteiger partial charge in [0.15, 0.2) is 5.78 Å². The van der Waals surface area contributed by atoms with E-state index in [1.807, 2.05) is 0 Å². The smallest absolute Gasteiger partial charge is 0.161 e. The maximum Gasteiger partial charge on any atom is 0.161 e. The minimum atomic E-state index is 0.241. The quantitative estimate of drug-likeness (QED) is 0.816. The van der Waals surface area contributed by atoms with Crippen molar-refractivity contribution >= 4 is 5.78 Å². The summed E-state index contributed by atoms with van der Waals surface area (Å²) in [6, 6.07) is 0. The second-order valence-electron chi connectivity index (χ2n) is 5.58. The van der Waals surface area contributed by atoms with Crippen LogP contribution < -0.4 is 5.73 Å². The van der Waals surface area contributed by atoms with Crippen molar-refractivity contribution in [3.8, 4) is 0 Å². The van der Waals surface area contributed by atoms with Gasteiger partial charge in [-0.3, -0.25) is 4.79 Å². The minimum Gasteiger partial charge on any atom is -0.330 e. The lowest BCUT2D eigenvalue weighted by Crippen LogP contribution is -2.26. The van der Waals surface area contributed by atoms with Gasteiger partial charge < -0.3 is 5.73 Å². The van der Waals surface area contributed by atoms with Crippen LogP contribution in [0.4, 0.5) is 0 Å². The lowest BCUT2D eigenvalue weighted by Gasteiger charge is -2.19. The van der Waals surface area contributed by atoms with E-state index >= 15 is 0 Å². The van der Waals surface area contributed by atoms with Gasteiger partial charge in [-0.25, -0.2) is 0 Å². The third kappa shape index (κ3) is 3.19. The van der Waals surface area contributed by atoms with Gasteiger partial charge in [0.25, 0.3) is 0 Å². The van der Waals surface area contributed by atoms with Crippen LogP contribution in [0, 0.1) is 11.8 Å². The molecule has 0 aromatic rings. The first kappa shape index (κ1) is 12.8. The van der Waals surface area contributed by atoms with E-state index in [2.05, 4.69) is 6.08 Å². The molecule has 0 bridgehead atoms. The third-order valence-electron chi connectivity index (χ3n) is 4.41. The van der Waals surface area contributed by atoms with Crippen LogP contribution in [-0.4, -0.2) is 12.3 Å². The summed E-state index contributed by atoms with van der Waals surface area (Å²) in [5.41, 5.74) is 6.90. The Morgan fingerprint density at radius 1 is 1.18 bits per heavy atom. The summed E-state index contributed by atoms with van der Waals surface area (Å²) in [5, 5.41) is 0. The Morgan fingerprint density at radius 2 is 2.00 bits per heavy atom. The molecule has 0 radical (unpaired) electrons. The van der Waals surface area contributed by atoms with Gasteiger partial charge >= 0.3 is 0 Å². The minimum absolute atomic E-state index is 0.241. The molecule has 0 amide bonds. The van der Waals surface area contributed by atoms with Gasteiger partial charge in [0, 0.05) is 5.92 Å². The van der Waals surface area contributed by atoms with Crippen molar-refractivity contribution in [3.63, 3.8) is 0 Å². The second kappa shape index (κ2) is 6.34. The van der Waals surface area contributed by atoms with Gasteiger partial charge in [0.05, 0.1) is 0 Å². The molecule has 1 fully saturated rings. The summed E-state index contributed by atoms with van der Waals surface area (Å²) in [6.07, 6.45) is 12.8. The summed E-state index contributed by atoms with van der Waals surface area (Å²) in [6.45, 7) is 0.684. The average molecular weight is 235 g/mol. The molecule has 0 aliphatic heterocycles. The molecule has 2 N–H and O–H groups in total. The zero-order valence-corrected chi connectivity index (χ0v) is 10.8.